The molecule has 0 aliphatic heterocycles. The molecular weight excluding hydrogens is 739 g/mol. The number of primary amides is 1. The third-order valence-corrected chi connectivity index (χ3v) is 11.0. The second kappa shape index (κ2) is 22.0. The van der Waals surface area contributed by atoms with Gasteiger partial charge in [-0.05, 0) is 95.8 Å². The van der Waals surface area contributed by atoms with Crippen molar-refractivity contribution in [3.63, 3.8) is 0 Å². The summed E-state index contributed by atoms with van der Waals surface area (Å²) in [5.74, 6) is 6.62. The van der Waals surface area contributed by atoms with Gasteiger partial charge in [-0.25, -0.2) is 0 Å². The average molecular weight is 796 g/mol. The van der Waals surface area contributed by atoms with Gasteiger partial charge in [-0.2, -0.15) is 0 Å². The zero-order valence-electron chi connectivity index (χ0n) is 35.1. The largest absolute Gasteiger partial charge is 0.494 e. The van der Waals surface area contributed by atoms with Gasteiger partial charge in [0.2, 0.25) is 11.8 Å². The van der Waals surface area contributed by atoms with Crippen molar-refractivity contribution in [2.75, 3.05) is 37.0 Å². The maximum Gasteiger partial charge on any atom is 0.237 e. The molecule has 0 heterocycles. The summed E-state index contributed by atoms with van der Waals surface area (Å²) in [6, 6.07) is 56.4. The molecule has 0 bridgehead atoms. The summed E-state index contributed by atoms with van der Waals surface area (Å²) in [5, 5.41) is 0. The zero-order chi connectivity index (χ0) is 42.0. The Morgan fingerprint density at radius 3 is 1.38 bits per heavy atom. The fourth-order valence-electron chi connectivity index (χ4n) is 7.82. The van der Waals surface area contributed by atoms with Crippen LogP contribution in [-0.2, 0) is 15.0 Å². The van der Waals surface area contributed by atoms with Crippen molar-refractivity contribution in [3.8, 4) is 17.6 Å². The van der Waals surface area contributed by atoms with Gasteiger partial charge >= 0.3 is 0 Å². The van der Waals surface area contributed by atoms with E-state index in [1.807, 2.05) is 67.5 Å². The van der Waals surface area contributed by atoms with E-state index in [1.54, 1.807) is 0 Å². The topological polar surface area (TPSA) is 75.9 Å². The highest BCUT2D eigenvalue weighted by Gasteiger charge is 2.38. The average Bonchev–Trinajstić information content (AvgIpc) is 3.28. The summed E-state index contributed by atoms with van der Waals surface area (Å²) in [4.78, 5) is 28.6. The van der Waals surface area contributed by atoms with E-state index in [4.69, 9.17) is 10.5 Å². The Balaban J connectivity index is 0.907. The van der Waals surface area contributed by atoms with Gasteiger partial charge in [0.1, 0.15) is 12.3 Å². The van der Waals surface area contributed by atoms with E-state index in [0.717, 1.165) is 73.9 Å². The Morgan fingerprint density at radius 2 is 0.933 bits per heavy atom. The van der Waals surface area contributed by atoms with Crippen LogP contribution in [0.4, 0.5) is 11.4 Å². The number of benzene rings is 6. The van der Waals surface area contributed by atoms with Crippen molar-refractivity contribution in [1.29, 1.82) is 0 Å². The molecule has 6 aromatic rings. The fraction of sp³-hybridized carbons (Fsp3) is 0.259. The van der Waals surface area contributed by atoms with Crippen molar-refractivity contribution >= 4 is 23.2 Å². The van der Waals surface area contributed by atoms with Gasteiger partial charge in [-0.1, -0.05) is 153 Å². The zero-order valence-corrected chi connectivity index (χ0v) is 35.1. The minimum Gasteiger partial charge on any atom is -0.494 e. The lowest BCUT2D eigenvalue weighted by Gasteiger charge is -2.36. The molecule has 6 heteroatoms. The molecule has 0 radical (unpaired) electrons. The first-order valence-corrected chi connectivity index (χ1v) is 21.2. The van der Waals surface area contributed by atoms with Crippen LogP contribution in [0.2, 0.25) is 0 Å². The summed E-state index contributed by atoms with van der Waals surface area (Å²) in [6.07, 6.45) is 8.78. The maximum absolute atomic E-state index is 13.2. The lowest BCUT2D eigenvalue weighted by atomic mass is 9.65. The summed E-state index contributed by atoms with van der Waals surface area (Å²) in [6.45, 7) is 0.543. The molecule has 0 aliphatic carbocycles. The minimum absolute atomic E-state index is 0.0915. The molecule has 0 saturated carbocycles. The summed E-state index contributed by atoms with van der Waals surface area (Å²) >= 11 is 0. The molecule has 0 unspecified atom stereocenters. The monoisotopic (exact) mass is 795 g/mol. The van der Waals surface area contributed by atoms with Crippen LogP contribution in [-0.4, -0.2) is 39.1 Å². The van der Waals surface area contributed by atoms with E-state index >= 15 is 0 Å². The molecule has 0 atom stereocenters. The molecule has 0 aromatic heterocycles. The molecule has 306 valence electrons. The van der Waals surface area contributed by atoms with Crippen molar-refractivity contribution in [1.82, 2.24) is 0 Å². The number of rotatable bonds is 20. The number of amides is 2. The number of hydrogen-bond donors (Lipinski definition) is 1. The van der Waals surface area contributed by atoms with Gasteiger partial charge in [-0.15, -0.1) is 0 Å². The lowest BCUT2D eigenvalue weighted by molar-refractivity contribution is -0.122. The van der Waals surface area contributed by atoms with Crippen LogP contribution in [0, 0.1) is 11.8 Å². The van der Waals surface area contributed by atoms with Gasteiger partial charge in [0.05, 0.1) is 12.0 Å². The number of carbonyl (C=O) groups excluding carboxylic acids is 2. The standard InChI is InChI=1S/C54H57N3O3/c1-56(2)49-35-29-43(30-36-49)27-28-44-31-37-50(38-32-44)57(42-52(55)58)53(59)26-18-7-5-3-4-6-8-19-41-60-51-39-33-48(34-40-51)54(45-20-12-9-13-21-45,46-22-14-10-15-23-46)47-24-16-11-17-25-47/h9-17,20-25,29-40H,3-8,18-19,26,41-42H2,1-2H3,(H2,55,58). The van der Waals surface area contributed by atoms with Crippen molar-refractivity contribution in [2.24, 2.45) is 5.73 Å². The van der Waals surface area contributed by atoms with Crippen molar-refractivity contribution in [3.05, 3.63) is 197 Å². The number of ether oxygens (including phenoxy) is 1. The fourth-order valence-corrected chi connectivity index (χ4v) is 7.82. The van der Waals surface area contributed by atoms with Gasteiger partial charge in [0.15, 0.2) is 0 Å². The molecule has 2 amide bonds. The van der Waals surface area contributed by atoms with Gasteiger partial charge in [-0.3, -0.25) is 9.59 Å². The van der Waals surface area contributed by atoms with E-state index in [9.17, 15) is 9.59 Å². The van der Waals surface area contributed by atoms with Crippen LogP contribution in [0.3, 0.4) is 0 Å². The van der Waals surface area contributed by atoms with Crippen molar-refractivity contribution in [2.45, 2.75) is 63.2 Å². The number of carbonyl (C=O) groups is 2. The Hall–Kier alpha value is -6.58. The lowest BCUT2D eigenvalue weighted by Crippen LogP contribution is -2.38. The molecule has 0 saturated heterocycles. The molecule has 6 aromatic carbocycles. The van der Waals surface area contributed by atoms with E-state index in [-0.39, 0.29) is 12.5 Å². The number of unbranched alkanes of at least 4 members (excludes halogenated alkanes) is 7. The molecule has 0 fully saturated rings. The van der Waals surface area contributed by atoms with Gasteiger partial charge < -0.3 is 20.3 Å². The summed E-state index contributed by atoms with van der Waals surface area (Å²) in [7, 11) is 4.01. The van der Waals surface area contributed by atoms with E-state index < -0.39 is 11.3 Å². The molecule has 2 N–H and O–H groups in total. The second-order valence-corrected chi connectivity index (χ2v) is 15.5. The Bertz CT molecular complexity index is 2180. The smallest absolute Gasteiger partial charge is 0.237 e. The van der Waals surface area contributed by atoms with E-state index in [2.05, 4.69) is 127 Å². The molecule has 0 spiro atoms. The predicted octanol–water partition coefficient (Wildman–Crippen LogP) is 10.9. The molecule has 60 heavy (non-hydrogen) atoms. The van der Waals surface area contributed by atoms with Crippen molar-refractivity contribution < 1.29 is 14.3 Å². The summed E-state index contributed by atoms with van der Waals surface area (Å²) in [5.41, 5.74) is 13.4. The van der Waals surface area contributed by atoms with Gasteiger partial charge in [0, 0.05) is 43.0 Å². The third kappa shape index (κ3) is 11.5. The SMILES string of the molecule is CN(C)c1ccc(C#Cc2ccc(N(CC(N)=O)C(=O)CCCCCCCCCCOc3ccc(C(c4ccccc4)(c4ccccc4)c4ccccc4)cc3)cc2)cc1. The molecular formula is C54H57N3O3. The number of nitrogens with two attached hydrogens (primary N) is 1. The number of hydrogen-bond acceptors (Lipinski definition) is 4. The quantitative estimate of drug-likeness (QED) is 0.0474. The van der Waals surface area contributed by atoms with Crippen LogP contribution >= 0.6 is 0 Å². The van der Waals surface area contributed by atoms with Crippen LogP contribution in [0.25, 0.3) is 0 Å². The Kier molecular flexibility index (Phi) is 15.8. The number of anilines is 2. The summed E-state index contributed by atoms with van der Waals surface area (Å²) < 4.78 is 6.22. The first kappa shape index (κ1) is 43.0. The predicted molar refractivity (Wildman–Crippen MR) is 247 cm³/mol. The highest BCUT2D eigenvalue weighted by molar-refractivity contribution is 5.98. The first-order chi connectivity index (χ1) is 29.3. The Morgan fingerprint density at radius 1 is 0.517 bits per heavy atom. The molecule has 0 aliphatic rings. The highest BCUT2D eigenvalue weighted by atomic mass is 16.5. The van der Waals surface area contributed by atoms with Crippen LogP contribution in [0.5, 0.6) is 5.75 Å². The van der Waals surface area contributed by atoms with Gasteiger partial charge in [0.25, 0.3) is 0 Å². The third-order valence-electron chi connectivity index (χ3n) is 11.0. The minimum atomic E-state index is -0.538. The first-order valence-electron chi connectivity index (χ1n) is 21.2. The number of nitrogens with zero attached hydrogens (tertiary/aromatic N) is 2. The maximum atomic E-state index is 13.2. The van der Waals surface area contributed by atoms with Crippen LogP contribution in [0.15, 0.2) is 164 Å². The Labute approximate surface area is 357 Å². The van der Waals surface area contributed by atoms with E-state index in [1.165, 1.54) is 27.2 Å². The molecule has 6 nitrogen and oxygen atoms in total. The second-order valence-electron chi connectivity index (χ2n) is 15.5. The van der Waals surface area contributed by atoms with Crippen LogP contribution in [0.1, 0.15) is 91.2 Å². The normalized spacial score (nSPS) is 11.0. The van der Waals surface area contributed by atoms with Crippen LogP contribution < -0.4 is 20.3 Å². The van der Waals surface area contributed by atoms with E-state index in [0.29, 0.717) is 18.7 Å². The highest BCUT2D eigenvalue weighted by Crippen LogP contribution is 2.45. The molecule has 6 rings (SSSR count).